The Bertz CT molecular complexity index is 660. The van der Waals surface area contributed by atoms with Crippen molar-refractivity contribution >= 4 is 26.1 Å². The standard InChI is InChI=1S/C17H25NO5Si/c1-17(2,3)22-16(21)18-12-8-7-9-14(23-24(4,5)6)11(12)10-13(18)15(19)20/h7-9,13H,10H2,1-6H3,(H,19,20). The maximum Gasteiger partial charge on any atom is 0.415 e. The smallest absolute Gasteiger partial charge is 0.415 e. The molecule has 0 bridgehead atoms. The van der Waals surface area contributed by atoms with E-state index in [4.69, 9.17) is 9.16 Å². The molecule has 0 saturated heterocycles. The van der Waals surface area contributed by atoms with Gasteiger partial charge in [0.15, 0.2) is 0 Å². The molecule has 6 nitrogen and oxygen atoms in total. The fraction of sp³-hybridized carbons (Fsp3) is 0.529. The SMILES string of the molecule is CC(C)(C)OC(=O)N1c2cccc(O[Si](C)(C)C)c2CC1C(=O)O. The molecule has 1 unspecified atom stereocenters. The van der Waals surface area contributed by atoms with Crippen LogP contribution in [0.15, 0.2) is 18.2 Å². The van der Waals surface area contributed by atoms with Crippen molar-refractivity contribution in [1.29, 1.82) is 0 Å². The van der Waals surface area contributed by atoms with Gasteiger partial charge in [-0.2, -0.15) is 0 Å². The van der Waals surface area contributed by atoms with Gasteiger partial charge in [-0.15, -0.1) is 0 Å². The van der Waals surface area contributed by atoms with Crippen LogP contribution in [0.5, 0.6) is 5.75 Å². The van der Waals surface area contributed by atoms with Gasteiger partial charge in [-0.05, 0) is 52.5 Å². The van der Waals surface area contributed by atoms with Gasteiger partial charge in [-0.1, -0.05) is 6.07 Å². The summed E-state index contributed by atoms with van der Waals surface area (Å²) in [7, 11) is -1.86. The first-order valence-electron chi connectivity index (χ1n) is 7.95. The Morgan fingerprint density at radius 2 is 1.88 bits per heavy atom. The van der Waals surface area contributed by atoms with Gasteiger partial charge in [0.2, 0.25) is 8.32 Å². The van der Waals surface area contributed by atoms with Crippen LogP contribution < -0.4 is 9.33 Å². The number of benzene rings is 1. The lowest BCUT2D eigenvalue weighted by Crippen LogP contribution is -2.45. The summed E-state index contributed by atoms with van der Waals surface area (Å²) in [5.74, 6) is -0.403. The summed E-state index contributed by atoms with van der Waals surface area (Å²) in [6, 6.07) is 4.35. The second-order valence-electron chi connectivity index (χ2n) is 7.88. The maximum absolute atomic E-state index is 12.5. The van der Waals surface area contributed by atoms with Crippen LogP contribution in [0, 0.1) is 0 Å². The molecule has 0 aromatic heterocycles. The molecule has 1 aromatic rings. The van der Waals surface area contributed by atoms with E-state index in [1.807, 2.05) is 6.07 Å². The molecule has 1 amide bonds. The number of anilines is 1. The Morgan fingerprint density at radius 1 is 1.25 bits per heavy atom. The van der Waals surface area contributed by atoms with Crippen LogP contribution in [0.25, 0.3) is 0 Å². The molecule has 7 heteroatoms. The van der Waals surface area contributed by atoms with Crippen LogP contribution in [0.2, 0.25) is 19.6 Å². The number of carboxylic acid groups (broad SMARTS) is 1. The van der Waals surface area contributed by atoms with Crippen molar-refractivity contribution in [3.63, 3.8) is 0 Å². The van der Waals surface area contributed by atoms with E-state index < -0.39 is 32.0 Å². The molecule has 132 valence electrons. The van der Waals surface area contributed by atoms with Crippen LogP contribution >= 0.6 is 0 Å². The van der Waals surface area contributed by atoms with E-state index in [9.17, 15) is 14.7 Å². The van der Waals surface area contributed by atoms with E-state index in [0.29, 0.717) is 11.4 Å². The highest BCUT2D eigenvalue weighted by Gasteiger charge is 2.42. The van der Waals surface area contributed by atoms with E-state index in [0.717, 1.165) is 5.56 Å². The van der Waals surface area contributed by atoms with Gasteiger partial charge < -0.3 is 14.3 Å². The Hall–Kier alpha value is -2.02. The zero-order valence-corrected chi connectivity index (χ0v) is 16.0. The highest BCUT2D eigenvalue weighted by molar-refractivity contribution is 6.70. The van der Waals surface area contributed by atoms with Crippen molar-refractivity contribution in [2.75, 3.05) is 4.90 Å². The number of fused-ring (bicyclic) bond motifs is 1. The Labute approximate surface area is 143 Å². The van der Waals surface area contributed by atoms with Crippen molar-refractivity contribution in [1.82, 2.24) is 0 Å². The second kappa shape index (κ2) is 6.12. The first-order chi connectivity index (χ1) is 10.9. The molecule has 0 aliphatic carbocycles. The highest BCUT2D eigenvalue weighted by Crippen LogP contribution is 2.40. The zero-order chi connectivity index (χ0) is 18.3. The lowest BCUT2D eigenvalue weighted by Gasteiger charge is -2.27. The Morgan fingerprint density at radius 3 is 2.38 bits per heavy atom. The van der Waals surface area contributed by atoms with E-state index in [1.54, 1.807) is 32.9 Å². The Kier molecular flexibility index (Phi) is 4.67. The van der Waals surface area contributed by atoms with Crippen LogP contribution in [0.4, 0.5) is 10.5 Å². The normalized spacial score (nSPS) is 17.4. The Balaban J connectivity index is 2.44. The first-order valence-corrected chi connectivity index (χ1v) is 11.4. The number of carbonyl (C=O) groups is 2. The van der Waals surface area contributed by atoms with Crippen LogP contribution in [0.1, 0.15) is 26.3 Å². The number of hydrogen-bond acceptors (Lipinski definition) is 4. The number of carbonyl (C=O) groups excluding carboxylic acids is 1. The maximum atomic E-state index is 12.5. The van der Waals surface area contributed by atoms with Crippen LogP contribution in [0.3, 0.4) is 0 Å². The molecule has 24 heavy (non-hydrogen) atoms. The van der Waals surface area contributed by atoms with Crippen LogP contribution in [-0.4, -0.2) is 37.1 Å². The minimum absolute atomic E-state index is 0.213. The number of amides is 1. The average molecular weight is 351 g/mol. The minimum atomic E-state index is -1.86. The lowest BCUT2D eigenvalue weighted by atomic mass is 10.1. The molecule has 1 atom stereocenters. The largest absolute Gasteiger partial charge is 0.544 e. The summed E-state index contributed by atoms with van der Waals surface area (Å²) in [5, 5.41) is 9.54. The molecule has 1 aliphatic heterocycles. The van der Waals surface area contributed by atoms with E-state index in [2.05, 4.69) is 19.6 Å². The quantitative estimate of drug-likeness (QED) is 0.841. The monoisotopic (exact) mass is 351 g/mol. The molecule has 2 rings (SSSR count). The van der Waals surface area contributed by atoms with Crippen molar-refractivity contribution in [2.24, 2.45) is 0 Å². The summed E-state index contributed by atoms with van der Waals surface area (Å²) < 4.78 is 11.5. The molecule has 1 aromatic carbocycles. The molecule has 1 N–H and O–H groups in total. The number of ether oxygens (including phenoxy) is 1. The number of nitrogens with zero attached hydrogens (tertiary/aromatic N) is 1. The van der Waals surface area contributed by atoms with Crippen molar-refractivity contribution in [3.8, 4) is 5.75 Å². The summed E-state index contributed by atoms with van der Waals surface area (Å²) >= 11 is 0. The van der Waals surface area contributed by atoms with Crippen LogP contribution in [-0.2, 0) is 16.0 Å². The third-order valence-corrected chi connectivity index (χ3v) is 4.20. The number of hydrogen-bond donors (Lipinski definition) is 1. The molecule has 1 heterocycles. The van der Waals surface area contributed by atoms with Crippen molar-refractivity contribution in [3.05, 3.63) is 23.8 Å². The van der Waals surface area contributed by atoms with Gasteiger partial charge >= 0.3 is 12.1 Å². The summed E-state index contributed by atoms with van der Waals surface area (Å²) in [4.78, 5) is 25.4. The highest BCUT2D eigenvalue weighted by atomic mass is 28.4. The predicted octanol–water partition coefficient (Wildman–Crippen LogP) is 3.65. The fourth-order valence-corrected chi connectivity index (χ4v) is 3.45. The fourth-order valence-electron chi connectivity index (χ4n) is 2.60. The van der Waals surface area contributed by atoms with Gasteiger partial charge in [0, 0.05) is 12.0 Å². The minimum Gasteiger partial charge on any atom is -0.544 e. The van der Waals surface area contributed by atoms with E-state index in [-0.39, 0.29) is 6.42 Å². The van der Waals surface area contributed by atoms with Gasteiger partial charge in [0.1, 0.15) is 17.4 Å². The molecule has 0 saturated carbocycles. The summed E-state index contributed by atoms with van der Waals surface area (Å²) in [5.41, 5.74) is 0.598. The summed E-state index contributed by atoms with van der Waals surface area (Å²) in [6.45, 7) is 11.4. The molecule has 0 spiro atoms. The molecular weight excluding hydrogens is 326 g/mol. The topological polar surface area (TPSA) is 76.1 Å². The summed E-state index contributed by atoms with van der Waals surface area (Å²) in [6.07, 6.45) is -0.441. The van der Waals surface area contributed by atoms with E-state index in [1.165, 1.54) is 4.90 Å². The molecular formula is C17H25NO5Si. The van der Waals surface area contributed by atoms with Crippen molar-refractivity contribution in [2.45, 2.75) is 58.5 Å². The lowest BCUT2D eigenvalue weighted by molar-refractivity contribution is -0.138. The third kappa shape index (κ3) is 4.08. The molecule has 0 fully saturated rings. The average Bonchev–Trinajstić information content (AvgIpc) is 2.75. The van der Waals surface area contributed by atoms with Crippen molar-refractivity contribution < 1.29 is 23.9 Å². The second-order valence-corrected chi connectivity index (χ2v) is 12.3. The molecule has 0 radical (unpaired) electrons. The third-order valence-electron chi connectivity index (χ3n) is 3.37. The van der Waals surface area contributed by atoms with Gasteiger partial charge in [-0.3, -0.25) is 4.90 Å². The number of rotatable bonds is 3. The first kappa shape index (κ1) is 18.3. The zero-order valence-electron chi connectivity index (χ0n) is 15.0. The predicted molar refractivity (Wildman–Crippen MR) is 94.3 cm³/mol. The van der Waals surface area contributed by atoms with E-state index >= 15 is 0 Å². The molecule has 1 aliphatic rings. The number of aliphatic carboxylic acids is 1. The van der Waals surface area contributed by atoms with Gasteiger partial charge in [0.25, 0.3) is 0 Å². The van der Waals surface area contributed by atoms with Gasteiger partial charge in [-0.25, -0.2) is 9.59 Å². The number of carboxylic acids is 1. The van der Waals surface area contributed by atoms with Gasteiger partial charge in [0.05, 0.1) is 5.69 Å².